The van der Waals surface area contributed by atoms with E-state index in [0.717, 1.165) is 18.4 Å². The van der Waals surface area contributed by atoms with Crippen LogP contribution in [0.4, 0.5) is 0 Å². The summed E-state index contributed by atoms with van der Waals surface area (Å²) >= 11 is 0. The largest absolute Gasteiger partial charge is 0.408 e. The van der Waals surface area contributed by atoms with Crippen LogP contribution in [0.1, 0.15) is 46.1 Å². The molecule has 3 rings (SSSR count). The molecule has 2 heterocycles. The molecule has 0 radical (unpaired) electrons. The Balaban J connectivity index is 1.72. The van der Waals surface area contributed by atoms with Gasteiger partial charge in [-0.3, -0.25) is 4.79 Å². The number of amides is 1. The zero-order valence-electron chi connectivity index (χ0n) is 16.8. The van der Waals surface area contributed by atoms with Gasteiger partial charge in [0.25, 0.3) is 0 Å². The lowest BCUT2D eigenvalue weighted by Gasteiger charge is -2.30. The van der Waals surface area contributed by atoms with E-state index in [1.165, 1.54) is 0 Å². The van der Waals surface area contributed by atoms with Gasteiger partial charge in [0.15, 0.2) is 0 Å². The fourth-order valence-corrected chi connectivity index (χ4v) is 4.14. The maximum Gasteiger partial charge on any atom is 0.336 e. The molecule has 1 aliphatic heterocycles. The number of carbonyl (C=O) groups excluding carboxylic acids is 1. The van der Waals surface area contributed by atoms with Crippen LogP contribution in [0.3, 0.4) is 0 Å². The van der Waals surface area contributed by atoms with E-state index in [2.05, 4.69) is 37.9 Å². The summed E-state index contributed by atoms with van der Waals surface area (Å²) < 4.78 is 30.5. The van der Waals surface area contributed by atoms with Gasteiger partial charge < -0.3 is 9.32 Å². The molecule has 0 N–H and O–H groups in total. The third-order valence-electron chi connectivity index (χ3n) is 5.12. The number of likely N-dealkylation sites (tertiary alicyclic amines) is 1. The highest BCUT2D eigenvalue weighted by Crippen LogP contribution is 2.26. The summed E-state index contributed by atoms with van der Waals surface area (Å²) in [6.07, 6.45) is 1.78. The molecule has 0 saturated carbocycles. The van der Waals surface area contributed by atoms with Gasteiger partial charge in [-0.2, -0.15) is 0 Å². The third-order valence-corrected chi connectivity index (χ3v) is 6.44. The first-order valence-electron chi connectivity index (χ1n) is 9.51. The second-order valence-corrected chi connectivity index (χ2v) is 10.4. The molecular formula is C20H27N3O4S. The fourth-order valence-electron chi connectivity index (χ4n) is 3.14. The van der Waals surface area contributed by atoms with Crippen LogP contribution in [-0.2, 0) is 20.0 Å². The van der Waals surface area contributed by atoms with Crippen molar-refractivity contribution in [3.8, 4) is 11.5 Å². The highest BCUT2D eigenvalue weighted by Gasteiger charge is 2.30. The minimum Gasteiger partial charge on any atom is -0.408 e. The molecule has 7 nitrogen and oxygen atoms in total. The summed E-state index contributed by atoms with van der Waals surface area (Å²) in [6, 6.07) is 7.55. The van der Waals surface area contributed by atoms with Crippen LogP contribution in [0, 0.1) is 5.92 Å². The van der Waals surface area contributed by atoms with Crippen molar-refractivity contribution in [1.29, 1.82) is 0 Å². The number of piperidine rings is 1. The number of hydrogen-bond donors (Lipinski definition) is 0. The van der Waals surface area contributed by atoms with Crippen LogP contribution < -0.4 is 0 Å². The Kier molecular flexibility index (Phi) is 5.61. The summed E-state index contributed by atoms with van der Waals surface area (Å²) in [5.74, 6) is -0.380. The predicted molar refractivity (Wildman–Crippen MR) is 105 cm³/mol. The Morgan fingerprint density at radius 1 is 1.14 bits per heavy atom. The Labute approximate surface area is 166 Å². The van der Waals surface area contributed by atoms with Crippen molar-refractivity contribution in [1.82, 2.24) is 15.1 Å². The van der Waals surface area contributed by atoms with E-state index < -0.39 is 26.7 Å². The number of rotatable bonds is 4. The van der Waals surface area contributed by atoms with Crippen LogP contribution in [0.5, 0.6) is 0 Å². The Hall–Kier alpha value is -2.22. The first-order chi connectivity index (χ1) is 13.1. The minimum atomic E-state index is -3.97. The molecule has 2 aromatic rings. The zero-order valence-corrected chi connectivity index (χ0v) is 17.6. The molecule has 1 fully saturated rings. The SMILES string of the molecule is CC1CCN(C(=O)CS(=O)(=O)c2nnc(-c3ccc(C(C)(C)C)cc3)o2)CC1. The average Bonchev–Trinajstić information content (AvgIpc) is 3.12. The molecular weight excluding hydrogens is 378 g/mol. The van der Waals surface area contributed by atoms with E-state index in [0.29, 0.717) is 24.6 Å². The Bertz CT molecular complexity index is 935. The van der Waals surface area contributed by atoms with Crippen molar-refractivity contribution >= 4 is 15.7 Å². The number of carbonyl (C=O) groups is 1. The van der Waals surface area contributed by atoms with Crippen molar-refractivity contribution in [3.63, 3.8) is 0 Å². The van der Waals surface area contributed by atoms with Gasteiger partial charge >= 0.3 is 5.22 Å². The predicted octanol–water partition coefficient (Wildman–Crippen LogP) is 3.07. The normalized spacial score (nSPS) is 16.4. The summed E-state index contributed by atoms with van der Waals surface area (Å²) in [5, 5.41) is 7.01. The second-order valence-electron chi connectivity index (χ2n) is 8.52. The van der Waals surface area contributed by atoms with E-state index in [4.69, 9.17) is 4.42 Å². The Morgan fingerprint density at radius 3 is 2.32 bits per heavy atom. The quantitative estimate of drug-likeness (QED) is 0.776. The highest BCUT2D eigenvalue weighted by atomic mass is 32.2. The number of aromatic nitrogens is 2. The lowest BCUT2D eigenvalue weighted by molar-refractivity contribution is -0.129. The van der Waals surface area contributed by atoms with Crippen molar-refractivity contribution in [3.05, 3.63) is 29.8 Å². The smallest absolute Gasteiger partial charge is 0.336 e. The van der Waals surface area contributed by atoms with Gasteiger partial charge in [0.05, 0.1) is 0 Å². The van der Waals surface area contributed by atoms with Gasteiger partial charge in [-0.05, 0) is 41.9 Å². The number of nitrogens with zero attached hydrogens (tertiary/aromatic N) is 3. The summed E-state index contributed by atoms with van der Waals surface area (Å²) in [4.78, 5) is 14.0. The van der Waals surface area contributed by atoms with Crippen molar-refractivity contribution in [2.45, 2.75) is 51.2 Å². The van der Waals surface area contributed by atoms with Gasteiger partial charge in [0, 0.05) is 18.7 Å². The maximum absolute atomic E-state index is 12.5. The first kappa shape index (κ1) is 20.5. The molecule has 1 amide bonds. The summed E-state index contributed by atoms with van der Waals surface area (Å²) in [7, 11) is -3.97. The zero-order chi connectivity index (χ0) is 20.5. The average molecular weight is 406 g/mol. The first-order valence-corrected chi connectivity index (χ1v) is 11.2. The van der Waals surface area contributed by atoms with E-state index >= 15 is 0 Å². The van der Waals surface area contributed by atoms with Crippen LogP contribution >= 0.6 is 0 Å². The molecule has 1 aromatic carbocycles. The lowest BCUT2D eigenvalue weighted by atomic mass is 9.87. The van der Waals surface area contributed by atoms with Crippen molar-refractivity contribution < 1.29 is 17.6 Å². The van der Waals surface area contributed by atoms with Crippen LogP contribution in [0.15, 0.2) is 33.9 Å². The molecule has 28 heavy (non-hydrogen) atoms. The molecule has 8 heteroatoms. The van der Waals surface area contributed by atoms with Crippen LogP contribution in [0.2, 0.25) is 0 Å². The van der Waals surface area contributed by atoms with E-state index in [-0.39, 0.29) is 11.3 Å². The lowest BCUT2D eigenvalue weighted by Crippen LogP contribution is -2.41. The van der Waals surface area contributed by atoms with Crippen molar-refractivity contribution in [2.75, 3.05) is 18.8 Å². The fraction of sp³-hybridized carbons (Fsp3) is 0.550. The third kappa shape index (κ3) is 4.60. The molecule has 0 unspecified atom stereocenters. The van der Waals surface area contributed by atoms with Gasteiger partial charge in [0.1, 0.15) is 5.75 Å². The molecule has 1 saturated heterocycles. The van der Waals surface area contributed by atoms with Crippen molar-refractivity contribution in [2.24, 2.45) is 5.92 Å². The molecule has 0 atom stereocenters. The standard InChI is InChI=1S/C20H27N3O4S/c1-14-9-11-23(12-10-14)17(24)13-28(25,26)19-22-21-18(27-19)15-5-7-16(8-6-15)20(2,3)4/h5-8,14H,9-13H2,1-4H3. The second kappa shape index (κ2) is 7.66. The molecule has 0 spiro atoms. The molecule has 1 aliphatic rings. The molecule has 0 bridgehead atoms. The van der Waals surface area contributed by atoms with Gasteiger partial charge in [-0.15, -0.1) is 5.10 Å². The molecule has 152 valence electrons. The Morgan fingerprint density at radius 2 is 1.75 bits per heavy atom. The molecule has 0 aliphatic carbocycles. The van der Waals surface area contributed by atoms with Crippen LogP contribution in [-0.4, -0.2) is 48.3 Å². The van der Waals surface area contributed by atoms with Gasteiger partial charge in [-0.1, -0.05) is 44.9 Å². The van der Waals surface area contributed by atoms with Crippen LogP contribution in [0.25, 0.3) is 11.5 Å². The van der Waals surface area contributed by atoms with E-state index in [9.17, 15) is 13.2 Å². The number of hydrogen-bond acceptors (Lipinski definition) is 6. The summed E-state index contributed by atoms with van der Waals surface area (Å²) in [5.41, 5.74) is 1.79. The highest BCUT2D eigenvalue weighted by molar-refractivity contribution is 7.91. The monoisotopic (exact) mass is 405 g/mol. The van der Waals surface area contributed by atoms with Gasteiger partial charge in [0.2, 0.25) is 21.6 Å². The maximum atomic E-state index is 12.5. The number of benzene rings is 1. The van der Waals surface area contributed by atoms with Gasteiger partial charge in [-0.25, -0.2) is 8.42 Å². The summed E-state index contributed by atoms with van der Waals surface area (Å²) in [6.45, 7) is 9.64. The minimum absolute atomic E-state index is 0.00841. The topological polar surface area (TPSA) is 93.4 Å². The molecule has 1 aromatic heterocycles. The van der Waals surface area contributed by atoms with E-state index in [1.54, 1.807) is 4.90 Å². The van der Waals surface area contributed by atoms with E-state index in [1.807, 2.05) is 24.3 Å². The number of sulfone groups is 1.